The molecule has 0 bridgehead atoms. The topological polar surface area (TPSA) is 35.2 Å². The van der Waals surface area contributed by atoms with E-state index in [9.17, 15) is 0 Å². The zero-order valence-corrected chi connectivity index (χ0v) is 10.9. The Morgan fingerprint density at radius 1 is 1.35 bits per heavy atom. The number of benzene rings is 1. The Morgan fingerprint density at radius 3 is 2.71 bits per heavy atom. The molecule has 1 aliphatic rings. The molecule has 17 heavy (non-hydrogen) atoms. The molecule has 0 heterocycles. The Balaban J connectivity index is 2.03. The summed E-state index contributed by atoms with van der Waals surface area (Å²) in [5, 5.41) is 0. The Labute approximate surface area is 104 Å². The van der Waals surface area contributed by atoms with Crippen molar-refractivity contribution in [2.75, 3.05) is 6.61 Å². The molecule has 1 aliphatic carbocycles. The summed E-state index contributed by atoms with van der Waals surface area (Å²) in [6.07, 6.45) is 5.36. The number of rotatable bonds is 4. The van der Waals surface area contributed by atoms with Gasteiger partial charge in [-0.15, -0.1) is 0 Å². The maximum Gasteiger partial charge on any atom is 0.124 e. The molecule has 0 saturated heterocycles. The van der Waals surface area contributed by atoms with Crippen molar-refractivity contribution in [3.8, 4) is 5.75 Å². The molecule has 2 rings (SSSR count). The van der Waals surface area contributed by atoms with Gasteiger partial charge in [0.1, 0.15) is 5.75 Å². The molecule has 0 unspecified atom stereocenters. The monoisotopic (exact) mass is 233 g/mol. The van der Waals surface area contributed by atoms with E-state index in [2.05, 4.69) is 25.1 Å². The molecule has 0 spiro atoms. The normalized spacial score (nSPS) is 18.3. The summed E-state index contributed by atoms with van der Waals surface area (Å²) >= 11 is 0. The van der Waals surface area contributed by atoms with E-state index >= 15 is 0 Å². The number of hydrogen-bond donors (Lipinski definition) is 1. The third-order valence-electron chi connectivity index (χ3n) is 3.61. The van der Waals surface area contributed by atoms with Crippen molar-refractivity contribution in [2.45, 2.75) is 45.6 Å². The van der Waals surface area contributed by atoms with Gasteiger partial charge >= 0.3 is 0 Å². The van der Waals surface area contributed by atoms with Crippen molar-refractivity contribution in [3.63, 3.8) is 0 Å². The fourth-order valence-electron chi connectivity index (χ4n) is 2.54. The van der Waals surface area contributed by atoms with E-state index in [1.165, 1.54) is 31.2 Å². The lowest BCUT2D eigenvalue weighted by atomic mass is 10.0. The van der Waals surface area contributed by atoms with Crippen molar-refractivity contribution in [1.29, 1.82) is 0 Å². The fourth-order valence-corrected chi connectivity index (χ4v) is 2.54. The van der Waals surface area contributed by atoms with Crippen LogP contribution in [0.2, 0.25) is 0 Å². The van der Waals surface area contributed by atoms with E-state index in [1.807, 2.05) is 6.92 Å². The predicted octanol–water partition coefficient (Wildman–Crippen LogP) is 3.58. The van der Waals surface area contributed by atoms with E-state index < -0.39 is 0 Å². The van der Waals surface area contributed by atoms with Crippen LogP contribution in [-0.4, -0.2) is 6.61 Å². The molecular formula is C15H23NO. The molecule has 0 aliphatic heterocycles. The molecule has 0 amide bonds. The van der Waals surface area contributed by atoms with Crippen LogP contribution in [0, 0.1) is 12.8 Å². The summed E-state index contributed by atoms with van der Waals surface area (Å²) in [5.74, 6) is 1.72. The number of aryl methyl sites for hydroxylation is 1. The first-order valence-corrected chi connectivity index (χ1v) is 6.65. The lowest BCUT2D eigenvalue weighted by Gasteiger charge is -2.17. The molecule has 0 radical (unpaired) electrons. The quantitative estimate of drug-likeness (QED) is 0.862. The van der Waals surface area contributed by atoms with Crippen LogP contribution < -0.4 is 10.5 Å². The van der Waals surface area contributed by atoms with Gasteiger partial charge in [0.25, 0.3) is 0 Å². The van der Waals surface area contributed by atoms with Gasteiger partial charge in [-0.25, -0.2) is 0 Å². The lowest BCUT2D eigenvalue weighted by molar-refractivity contribution is 0.249. The highest BCUT2D eigenvalue weighted by molar-refractivity contribution is 5.38. The summed E-state index contributed by atoms with van der Waals surface area (Å²) in [6, 6.07) is 6.32. The summed E-state index contributed by atoms with van der Waals surface area (Å²) in [7, 11) is 0. The molecule has 1 aromatic carbocycles. The highest BCUT2D eigenvalue weighted by Gasteiger charge is 2.16. The van der Waals surface area contributed by atoms with E-state index in [0.717, 1.165) is 23.8 Å². The zero-order valence-electron chi connectivity index (χ0n) is 10.9. The third-order valence-corrected chi connectivity index (χ3v) is 3.61. The zero-order chi connectivity index (χ0) is 12.3. The van der Waals surface area contributed by atoms with Gasteiger partial charge in [0.05, 0.1) is 6.61 Å². The third kappa shape index (κ3) is 3.22. The van der Waals surface area contributed by atoms with Crippen molar-refractivity contribution in [3.05, 3.63) is 29.3 Å². The Morgan fingerprint density at radius 2 is 2.06 bits per heavy atom. The number of ether oxygens (including phenoxy) is 1. The van der Waals surface area contributed by atoms with E-state index in [-0.39, 0.29) is 6.04 Å². The lowest BCUT2D eigenvalue weighted by Crippen LogP contribution is -2.12. The SMILES string of the molecule is Cc1ccc(OCC2CCCC2)c([C@H](C)N)c1. The second-order valence-electron chi connectivity index (χ2n) is 5.29. The first kappa shape index (κ1) is 12.4. The second kappa shape index (κ2) is 5.54. The van der Waals surface area contributed by atoms with E-state index in [4.69, 9.17) is 10.5 Å². The molecule has 2 heteroatoms. The summed E-state index contributed by atoms with van der Waals surface area (Å²) in [5.41, 5.74) is 8.36. The smallest absolute Gasteiger partial charge is 0.124 e. The minimum Gasteiger partial charge on any atom is -0.493 e. The molecule has 0 aromatic heterocycles. The van der Waals surface area contributed by atoms with E-state index in [1.54, 1.807) is 0 Å². The van der Waals surface area contributed by atoms with Gasteiger partial charge < -0.3 is 10.5 Å². The fraction of sp³-hybridized carbons (Fsp3) is 0.600. The molecular weight excluding hydrogens is 210 g/mol. The Kier molecular flexibility index (Phi) is 4.06. The maximum atomic E-state index is 5.99. The van der Waals surface area contributed by atoms with Gasteiger partial charge in [-0.2, -0.15) is 0 Å². The molecule has 2 N–H and O–H groups in total. The van der Waals surface area contributed by atoms with Crippen molar-refractivity contribution < 1.29 is 4.74 Å². The second-order valence-corrected chi connectivity index (χ2v) is 5.29. The highest BCUT2D eigenvalue weighted by Crippen LogP contribution is 2.29. The Hall–Kier alpha value is -1.02. The van der Waals surface area contributed by atoms with Crippen LogP contribution >= 0.6 is 0 Å². The molecule has 1 aromatic rings. The van der Waals surface area contributed by atoms with Gasteiger partial charge in [0.2, 0.25) is 0 Å². The van der Waals surface area contributed by atoms with Gasteiger partial charge in [-0.05, 0) is 38.7 Å². The highest BCUT2D eigenvalue weighted by atomic mass is 16.5. The summed E-state index contributed by atoms with van der Waals surface area (Å²) < 4.78 is 5.96. The Bertz CT molecular complexity index is 367. The van der Waals surface area contributed by atoms with Crippen LogP contribution in [0.25, 0.3) is 0 Å². The van der Waals surface area contributed by atoms with Gasteiger partial charge in [-0.3, -0.25) is 0 Å². The first-order chi connectivity index (χ1) is 8.16. The van der Waals surface area contributed by atoms with Crippen LogP contribution in [0.15, 0.2) is 18.2 Å². The van der Waals surface area contributed by atoms with Crippen molar-refractivity contribution in [1.82, 2.24) is 0 Å². The van der Waals surface area contributed by atoms with Crippen LogP contribution in [0.4, 0.5) is 0 Å². The first-order valence-electron chi connectivity index (χ1n) is 6.65. The van der Waals surface area contributed by atoms with Crippen LogP contribution in [0.5, 0.6) is 5.75 Å². The standard InChI is InChI=1S/C15H23NO/c1-11-7-8-15(14(9-11)12(2)16)17-10-13-5-3-4-6-13/h7-9,12-13H,3-6,10,16H2,1-2H3/t12-/m0/s1. The molecule has 1 atom stereocenters. The minimum atomic E-state index is 0.0356. The van der Waals surface area contributed by atoms with Crippen molar-refractivity contribution >= 4 is 0 Å². The summed E-state index contributed by atoms with van der Waals surface area (Å²) in [6.45, 7) is 4.95. The number of hydrogen-bond acceptors (Lipinski definition) is 2. The molecule has 2 nitrogen and oxygen atoms in total. The molecule has 1 fully saturated rings. The van der Waals surface area contributed by atoms with Crippen molar-refractivity contribution in [2.24, 2.45) is 11.7 Å². The minimum absolute atomic E-state index is 0.0356. The van der Waals surface area contributed by atoms with Gasteiger partial charge in [0.15, 0.2) is 0 Å². The molecule has 94 valence electrons. The van der Waals surface area contributed by atoms with Gasteiger partial charge in [0, 0.05) is 11.6 Å². The average molecular weight is 233 g/mol. The van der Waals surface area contributed by atoms with E-state index in [0.29, 0.717) is 0 Å². The average Bonchev–Trinajstić information content (AvgIpc) is 2.80. The molecule has 1 saturated carbocycles. The van der Waals surface area contributed by atoms with Gasteiger partial charge in [-0.1, -0.05) is 30.5 Å². The maximum absolute atomic E-state index is 5.99. The van der Waals surface area contributed by atoms with Crippen LogP contribution in [-0.2, 0) is 0 Å². The van der Waals surface area contributed by atoms with Crippen LogP contribution in [0.1, 0.15) is 49.8 Å². The van der Waals surface area contributed by atoms with Crippen LogP contribution in [0.3, 0.4) is 0 Å². The predicted molar refractivity (Wildman–Crippen MR) is 71.2 cm³/mol. The summed E-state index contributed by atoms with van der Waals surface area (Å²) in [4.78, 5) is 0. The number of nitrogens with two attached hydrogens (primary N) is 1. The largest absolute Gasteiger partial charge is 0.493 e.